The highest BCUT2D eigenvalue weighted by atomic mass is 19.1. The summed E-state index contributed by atoms with van der Waals surface area (Å²) in [6.07, 6.45) is 2.15. The smallest absolute Gasteiger partial charge is 0.129 e. The van der Waals surface area contributed by atoms with Crippen molar-refractivity contribution in [1.29, 1.82) is 0 Å². The standard InChI is InChI=1S/C16H22FNO/c1-13(2)5-4-10-19-12-15-8-7-14(6-3-9-18)11-16(15)17/h7-8,11,13H,4-5,9-10,12,18H2,1-2H3. The molecule has 2 nitrogen and oxygen atoms in total. The van der Waals surface area contributed by atoms with Gasteiger partial charge in [0.25, 0.3) is 0 Å². The van der Waals surface area contributed by atoms with E-state index in [-0.39, 0.29) is 12.4 Å². The van der Waals surface area contributed by atoms with Crippen LogP contribution in [0.25, 0.3) is 0 Å². The van der Waals surface area contributed by atoms with E-state index in [1.165, 1.54) is 6.07 Å². The molecule has 0 spiro atoms. The van der Waals surface area contributed by atoms with Crippen molar-refractivity contribution in [2.75, 3.05) is 13.2 Å². The van der Waals surface area contributed by atoms with Crippen LogP contribution in [0, 0.1) is 23.6 Å². The molecule has 2 N–H and O–H groups in total. The summed E-state index contributed by atoms with van der Waals surface area (Å²) in [6, 6.07) is 4.94. The lowest BCUT2D eigenvalue weighted by molar-refractivity contribution is 0.112. The molecule has 0 aliphatic heterocycles. The molecule has 0 bridgehead atoms. The fourth-order valence-electron chi connectivity index (χ4n) is 1.67. The molecule has 0 aromatic heterocycles. The van der Waals surface area contributed by atoms with E-state index >= 15 is 0 Å². The van der Waals surface area contributed by atoms with Crippen LogP contribution in [0.1, 0.15) is 37.8 Å². The molecule has 0 amide bonds. The third-order valence-corrected chi connectivity index (χ3v) is 2.72. The molecular weight excluding hydrogens is 241 g/mol. The van der Waals surface area contributed by atoms with Gasteiger partial charge in [0.15, 0.2) is 0 Å². The van der Waals surface area contributed by atoms with Crippen molar-refractivity contribution in [3.8, 4) is 11.8 Å². The Hall–Kier alpha value is -1.37. The monoisotopic (exact) mass is 263 g/mol. The summed E-state index contributed by atoms with van der Waals surface area (Å²) < 4.78 is 19.2. The zero-order valence-corrected chi connectivity index (χ0v) is 11.7. The maximum Gasteiger partial charge on any atom is 0.129 e. The Morgan fingerprint density at radius 1 is 1.37 bits per heavy atom. The van der Waals surface area contributed by atoms with Gasteiger partial charge in [0.1, 0.15) is 5.82 Å². The van der Waals surface area contributed by atoms with Crippen molar-refractivity contribution in [1.82, 2.24) is 0 Å². The first-order valence-electron chi connectivity index (χ1n) is 6.68. The Balaban J connectivity index is 2.42. The van der Waals surface area contributed by atoms with Crippen LogP contribution >= 0.6 is 0 Å². The summed E-state index contributed by atoms with van der Waals surface area (Å²) in [5, 5.41) is 0. The largest absolute Gasteiger partial charge is 0.377 e. The SMILES string of the molecule is CC(C)CCCOCc1ccc(C#CCN)cc1F. The van der Waals surface area contributed by atoms with Crippen molar-refractivity contribution < 1.29 is 9.13 Å². The molecule has 104 valence electrons. The Labute approximate surface area is 115 Å². The topological polar surface area (TPSA) is 35.2 Å². The van der Waals surface area contributed by atoms with Crippen LogP contribution in [0.15, 0.2) is 18.2 Å². The van der Waals surface area contributed by atoms with Gasteiger partial charge < -0.3 is 10.5 Å². The fourth-order valence-corrected chi connectivity index (χ4v) is 1.67. The van der Waals surface area contributed by atoms with Crippen molar-refractivity contribution >= 4 is 0 Å². The molecule has 0 atom stereocenters. The highest BCUT2D eigenvalue weighted by Gasteiger charge is 2.03. The lowest BCUT2D eigenvalue weighted by Crippen LogP contribution is -2.00. The summed E-state index contributed by atoms with van der Waals surface area (Å²) in [5.41, 5.74) is 6.49. The van der Waals surface area contributed by atoms with Gasteiger partial charge in [-0.05, 0) is 30.9 Å². The molecule has 1 aromatic carbocycles. The normalized spacial score (nSPS) is 10.4. The number of ether oxygens (including phenoxy) is 1. The Morgan fingerprint density at radius 2 is 2.16 bits per heavy atom. The van der Waals surface area contributed by atoms with Crippen LogP contribution in [0.4, 0.5) is 4.39 Å². The number of nitrogens with two attached hydrogens (primary N) is 1. The van der Waals surface area contributed by atoms with E-state index in [4.69, 9.17) is 10.5 Å². The second kappa shape index (κ2) is 8.68. The summed E-state index contributed by atoms with van der Waals surface area (Å²) in [5.74, 6) is 5.92. The quantitative estimate of drug-likeness (QED) is 0.632. The number of hydrogen-bond acceptors (Lipinski definition) is 2. The van der Waals surface area contributed by atoms with Gasteiger partial charge in [0.05, 0.1) is 13.2 Å². The van der Waals surface area contributed by atoms with Gasteiger partial charge in [0.2, 0.25) is 0 Å². The van der Waals surface area contributed by atoms with Gasteiger partial charge in [-0.3, -0.25) is 0 Å². The Bertz CT molecular complexity index is 446. The van der Waals surface area contributed by atoms with E-state index in [0.717, 1.165) is 12.8 Å². The summed E-state index contributed by atoms with van der Waals surface area (Å²) in [6.45, 7) is 5.63. The zero-order chi connectivity index (χ0) is 14.1. The number of benzene rings is 1. The first kappa shape index (κ1) is 15.7. The van der Waals surface area contributed by atoms with Crippen molar-refractivity contribution in [2.45, 2.75) is 33.3 Å². The molecule has 0 aliphatic carbocycles. The average molecular weight is 263 g/mol. The molecule has 1 rings (SSSR count). The van der Waals surface area contributed by atoms with Gasteiger partial charge in [-0.1, -0.05) is 31.8 Å². The molecular formula is C16H22FNO. The number of hydrogen-bond donors (Lipinski definition) is 1. The third-order valence-electron chi connectivity index (χ3n) is 2.72. The van der Waals surface area contributed by atoms with E-state index in [1.807, 2.05) is 0 Å². The number of halogens is 1. The van der Waals surface area contributed by atoms with Crippen LogP contribution < -0.4 is 5.73 Å². The van der Waals surface area contributed by atoms with Crippen molar-refractivity contribution in [2.24, 2.45) is 11.7 Å². The van der Waals surface area contributed by atoms with Gasteiger partial charge in [-0.25, -0.2) is 4.39 Å². The van der Waals surface area contributed by atoms with Crippen molar-refractivity contribution in [3.05, 3.63) is 35.1 Å². The predicted molar refractivity (Wildman–Crippen MR) is 76.1 cm³/mol. The maximum absolute atomic E-state index is 13.7. The van der Waals surface area contributed by atoms with Gasteiger partial charge in [0, 0.05) is 17.7 Å². The molecule has 0 radical (unpaired) electrons. The van der Waals surface area contributed by atoms with E-state index in [9.17, 15) is 4.39 Å². The highest BCUT2D eigenvalue weighted by Crippen LogP contribution is 2.12. The minimum absolute atomic E-state index is 0.271. The van der Waals surface area contributed by atoms with Crippen LogP contribution in [0.5, 0.6) is 0 Å². The third kappa shape index (κ3) is 6.37. The van der Waals surface area contributed by atoms with Crippen LogP contribution in [0.3, 0.4) is 0 Å². The summed E-state index contributed by atoms with van der Waals surface area (Å²) >= 11 is 0. The zero-order valence-electron chi connectivity index (χ0n) is 11.7. The van der Waals surface area contributed by atoms with E-state index < -0.39 is 0 Å². The van der Waals surface area contributed by atoms with Crippen LogP contribution in [0.2, 0.25) is 0 Å². The highest BCUT2D eigenvalue weighted by molar-refractivity contribution is 5.37. The van der Waals surface area contributed by atoms with Crippen molar-refractivity contribution in [3.63, 3.8) is 0 Å². The summed E-state index contributed by atoms with van der Waals surface area (Å²) in [4.78, 5) is 0. The van der Waals surface area contributed by atoms with Crippen LogP contribution in [-0.2, 0) is 11.3 Å². The summed E-state index contributed by atoms with van der Waals surface area (Å²) in [7, 11) is 0. The fraction of sp³-hybridized carbons (Fsp3) is 0.500. The van der Waals surface area contributed by atoms with Gasteiger partial charge in [-0.15, -0.1) is 0 Å². The van der Waals surface area contributed by atoms with Gasteiger partial charge >= 0.3 is 0 Å². The number of rotatable bonds is 6. The molecule has 0 saturated carbocycles. The lowest BCUT2D eigenvalue weighted by Gasteiger charge is -2.07. The molecule has 0 fully saturated rings. The molecule has 1 aromatic rings. The molecule has 3 heteroatoms. The molecule has 19 heavy (non-hydrogen) atoms. The first-order chi connectivity index (χ1) is 9.13. The molecule has 0 unspecified atom stereocenters. The second-order valence-electron chi connectivity index (χ2n) is 4.90. The lowest BCUT2D eigenvalue weighted by atomic mass is 10.1. The van der Waals surface area contributed by atoms with Gasteiger partial charge in [-0.2, -0.15) is 0 Å². The average Bonchev–Trinajstić information content (AvgIpc) is 2.37. The van der Waals surface area contributed by atoms with Crippen LogP contribution in [-0.4, -0.2) is 13.2 Å². The minimum Gasteiger partial charge on any atom is -0.377 e. The Kier molecular flexibility index (Phi) is 7.17. The molecule has 0 aliphatic rings. The minimum atomic E-state index is -0.271. The first-order valence-corrected chi connectivity index (χ1v) is 6.68. The van der Waals surface area contributed by atoms with E-state index in [1.54, 1.807) is 12.1 Å². The molecule has 0 saturated heterocycles. The Morgan fingerprint density at radius 3 is 2.79 bits per heavy atom. The maximum atomic E-state index is 13.7. The predicted octanol–water partition coefficient (Wildman–Crippen LogP) is 3.09. The van der Waals surface area contributed by atoms with E-state index in [2.05, 4.69) is 25.7 Å². The molecule has 0 heterocycles. The second-order valence-corrected chi connectivity index (χ2v) is 4.90. The van der Waals surface area contributed by atoms with E-state index in [0.29, 0.717) is 30.3 Å².